The number of hydrogen-bond donors (Lipinski definition) is 1. The van der Waals surface area contributed by atoms with Crippen molar-refractivity contribution in [1.29, 1.82) is 15.8 Å². The minimum Gasteiger partial charge on any atom is -0.345 e. The van der Waals surface area contributed by atoms with Gasteiger partial charge in [-0.1, -0.05) is 0 Å². The monoisotopic (exact) mass is 267 g/mol. The molecule has 1 aromatic carbocycles. The third-order valence-electron chi connectivity index (χ3n) is 2.56. The second-order valence-corrected chi connectivity index (χ2v) is 3.92. The summed E-state index contributed by atoms with van der Waals surface area (Å²) in [6, 6.07) is 7.67. The zero-order chi connectivity index (χ0) is 15.3. The first-order valence-electron chi connectivity index (χ1n) is 5.41. The first-order valence-corrected chi connectivity index (χ1v) is 5.41. The van der Waals surface area contributed by atoms with Crippen molar-refractivity contribution in [3.63, 3.8) is 0 Å². The van der Waals surface area contributed by atoms with Gasteiger partial charge >= 0.3 is 0 Å². The van der Waals surface area contributed by atoms with Crippen molar-refractivity contribution in [2.45, 2.75) is 13.8 Å². The van der Waals surface area contributed by atoms with Crippen LogP contribution in [0, 0.1) is 58.0 Å². The molecule has 0 radical (unpaired) electrons. The van der Waals surface area contributed by atoms with Crippen LogP contribution in [0.15, 0.2) is 23.4 Å². The summed E-state index contributed by atoms with van der Waals surface area (Å²) in [6.45, 7) is 3.27. The first-order chi connectivity index (χ1) is 9.44. The molecule has 7 nitrogen and oxygen atoms in total. The number of rotatable bonds is 3. The zero-order valence-corrected chi connectivity index (χ0v) is 10.8. The van der Waals surface area contributed by atoms with Gasteiger partial charge in [-0.2, -0.15) is 15.8 Å². The number of nitrogens with zero attached hydrogens (tertiary/aromatic N) is 4. The van der Waals surface area contributed by atoms with E-state index < -0.39 is 4.92 Å². The second kappa shape index (κ2) is 5.99. The van der Waals surface area contributed by atoms with Crippen molar-refractivity contribution >= 4 is 11.4 Å². The van der Waals surface area contributed by atoms with Crippen molar-refractivity contribution < 1.29 is 4.92 Å². The van der Waals surface area contributed by atoms with E-state index in [1.807, 2.05) is 0 Å². The van der Waals surface area contributed by atoms with Gasteiger partial charge in [0.25, 0.3) is 5.69 Å². The van der Waals surface area contributed by atoms with Gasteiger partial charge in [0, 0.05) is 17.8 Å². The summed E-state index contributed by atoms with van der Waals surface area (Å²) in [6.07, 6.45) is 0. The normalized spacial score (nSPS) is 8.75. The summed E-state index contributed by atoms with van der Waals surface area (Å²) < 4.78 is 0. The summed E-state index contributed by atoms with van der Waals surface area (Å²) in [5, 5.41) is 39.9. The van der Waals surface area contributed by atoms with Crippen molar-refractivity contribution in [1.82, 2.24) is 0 Å². The molecular weight excluding hydrogens is 258 g/mol. The van der Waals surface area contributed by atoms with Crippen LogP contribution in [0.2, 0.25) is 0 Å². The average molecular weight is 267 g/mol. The molecule has 0 aromatic heterocycles. The summed E-state index contributed by atoms with van der Waals surface area (Å²) in [4.78, 5) is 10.2. The molecule has 7 heteroatoms. The van der Waals surface area contributed by atoms with E-state index in [9.17, 15) is 10.1 Å². The van der Waals surface area contributed by atoms with Gasteiger partial charge < -0.3 is 5.32 Å². The molecule has 0 aliphatic heterocycles. The van der Waals surface area contributed by atoms with Crippen molar-refractivity contribution in [2.24, 2.45) is 0 Å². The third-order valence-corrected chi connectivity index (χ3v) is 2.56. The van der Waals surface area contributed by atoms with E-state index in [1.54, 1.807) is 32.1 Å². The van der Waals surface area contributed by atoms with Crippen LogP contribution in [0.3, 0.4) is 0 Å². The fourth-order valence-corrected chi connectivity index (χ4v) is 1.65. The van der Waals surface area contributed by atoms with Crippen LogP contribution in [-0.4, -0.2) is 4.92 Å². The van der Waals surface area contributed by atoms with Gasteiger partial charge in [0.15, 0.2) is 5.57 Å². The van der Waals surface area contributed by atoms with E-state index in [2.05, 4.69) is 5.32 Å². The summed E-state index contributed by atoms with van der Waals surface area (Å²) >= 11 is 0. The topological polar surface area (TPSA) is 127 Å². The number of nitro groups is 1. The average Bonchev–Trinajstić information content (AvgIpc) is 2.41. The van der Waals surface area contributed by atoms with Crippen LogP contribution < -0.4 is 5.32 Å². The van der Waals surface area contributed by atoms with E-state index in [-0.39, 0.29) is 17.0 Å². The fraction of sp³-hybridized carbons (Fsp3) is 0.154. The second-order valence-electron chi connectivity index (χ2n) is 3.92. The van der Waals surface area contributed by atoms with Gasteiger partial charge in [-0.15, -0.1) is 0 Å². The molecule has 1 aromatic rings. The minimum atomic E-state index is -0.513. The molecule has 1 rings (SSSR count). The SMILES string of the molecule is Cc1cc([N+](=O)[O-])cc(C)c1NC(C#N)=C(C#N)C#N. The van der Waals surface area contributed by atoms with Gasteiger partial charge in [0.1, 0.15) is 23.9 Å². The van der Waals surface area contributed by atoms with E-state index >= 15 is 0 Å². The molecule has 0 bridgehead atoms. The van der Waals surface area contributed by atoms with Crippen LogP contribution in [0.5, 0.6) is 0 Å². The number of benzene rings is 1. The van der Waals surface area contributed by atoms with Crippen LogP contribution in [0.1, 0.15) is 11.1 Å². The molecule has 0 unspecified atom stereocenters. The molecule has 0 spiro atoms. The number of nitriles is 3. The maximum atomic E-state index is 10.7. The number of hydrogen-bond acceptors (Lipinski definition) is 6. The zero-order valence-electron chi connectivity index (χ0n) is 10.8. The highest BCUT2D eigenvalue weighted by molar-refractivity contribution is 5.67. The van der Waals surface area contributed by atoms with Crippen LogP contribution in [0.4, 0.5) is 11.4 Å². The van der Waals surface area contributed by atoms with Crippen LogP contribution in [0.25, 0.3) is 0 Å². The number of nitro benzene ring substituents is 1. The molecule has 1 N–H and O–H groups in total. The Morgan fingerprint density at radius 2 is 1.65 bits per heavy atom. The highest BCUT2D eigenvalue weighted by Crippen LogP contribution is 2.27. The Kier molecular flexibility index (Phi) is 4.40. The van der Waals surface area contributed by atoms with Gasteiger partial charge in [-0.05, 0) is 25.0 Å². The molecule has 0 aliphatic carbocycles. The van der Waals surface area contributed by atoms with E-state index in [1.165, 1.54) is 12.1 Å². The Balaban J connectivity index is 3.35. The predicted molar refractivity (Wildman–Crippen MR) is 70.1 cm³/mol. The van der Waals surface area contributed by atoms with Gasteiger partial charge in [0.2, 0.25) is 0 Å². The number of anilines is 1. The Morgan fingerprint density at radius 1 is 1.15 bits per heavy atom. The standard InChI is InChI=1S/C13H9N5O2/c1-8-3-11(18(19)20)4-9(2)13(8)17-12(7-16)10(5-14)6-15/h3-4,17H,1-2H3. The lowest BCUT2D eigenvalue weighted by molar-refractivity contribution is -0.384. The fourth-order valence-electron chi connectivity index (χ4n) is 1.65. The van der Waals surface area contributed by atoms with E-state index in [0.717, 1.165) is 0 Å². The Hall–Kier alpha value is -3.37. The molecular formula is C13H9N5O2. The van der Waals surface area contributed by atoms with E-state index in [0.29, 0.717) is 16.8 Å². The Morgan fingerprint density at radius 3 is 2.00 bits per heavy atom. The lowest BCUT2D eigenvalue weighted by atomic mass is 10.1. The maximum Gasteiger partial charge on any atom is 0.270 e. The van der Waals surface area contributed by atoms with Gasteiger partial charge in [-0.3, -0.25) is 10.1 Å². The summed E-state index contributed by atoms with van der Waals surface area (Å²) in [5.41, 5.74) is 0.961. The number of non-ortho nitro benzene ring substituents is 1. The van der Waals surface area contributed by atoms with Crippen molar-refractivity contribution in [3.8, 4) is 18.2 Å². The smallest absolute Gasteiger partial charge is 0.270 e. The van der Waals surface area contributed by atoms with Crippen LogP contribution in [-0.2, 0) is 0 Å². The highest BCUT2D eigenvalue weighted by Gasteiger charge is 2.14. The van der Waals surface area contributed by atoms with Gasteiger partial charge in [-0.25, -0.2) is 0 Å². The number of aryl methyl sites for hydroxylation is 2. The van der Waals surface area contributed by atoms with Crippen molar-refractivity contribution in [2.75, 3.05) is 5.32 Å². The number of nitrogens with one attached hydrogen (secondary N) is 1. The Labute approximate surface area is 115 Å². The highest BCUT2D eigenvalue weighted by atomic mass is 16.6. The molecule has 0 fully saturated rings. The quantitative estimate of drug-likeness (QED) is 0.509. The summed E-state index contributed by atoms with van der Waals surface area (Å²) in [7, 11) is 0. The maximum absolute atomic E-state index is 10.7. The molecule has 0 aliphatic rings. The molecule has 0 heterocycles. The third kappa shape index (κ3) is 2.90. The largest absolute Gasteiger partial charge is 0.345 e. The predicted octanol–water partition coefficient (Wildman–Crippen LogP) is 2.45. The lowest BCUT2D eigenvalue weighted by Gasteiger charge is -2.11. The lowest BCUT2D eigenvalue weighted by Crippen LogP contribution is -2.04. The minimum absolute atomic E-state index is 0.0613. The van der Waals surface area contributed by atoms with Gasteiger partial charge in [0.05, 0.1) is 4.92 Å². The number of allylic oxidation sites excluding steroid dienone is 2. The van der Waals surface area contributed by atoms with E-state index in [4.69, 9.17) is 15.8 Å². The molecule has 0 saturated carbocycles. The molecule has 98 valence electrons. The summed E-state index contributed by atoms with van der Waals surface area (Å²) in [5.74, 6) is 0. The molecule has 0 saturated heterocycles. The van der Waals surface area contributed by atoms with Crippen molar-refractivity contribution in [3.05, 3.63) is 44.6 Å². The first kappa shape index (κ1) is 14.7. The molecule has 0 atom stereocenters. The molecule has 20 heavy (non-hydrogen) atoms. The van der Waals surface area contributed by atoms with Crippen LogP contribution >= 0.6 is 0 Å². The Bertz CT molecular complexity index is 690. The molecule has 0 amide bonds.